The van der Waals surface area contributed by atoms with E-state index < -0.39 is 0 Å². The van der Waals surface area contributed by atoms with Gasteiger partial charge in [-0.3, -0.25) is 0 Å². The average Bonchev–Trinajstić information content (AvgIpc) is 3.57. The number of benzene rings is 1. The van der Waals surface area contributed by atoms with E-state index in [-0.39, 0.29) is 0 Å². The van der Waals surface area contributed by atoms with Crippen molar-refractivity contribution in [3.05, 3.63) is 58.7 Å². The standard InChI is InChI=1S/C58H96/c1-9-12-30-54-42(5)32-39-55(43(6)44(7)57(41(4)10-2)40-47(54)11-3)45(8)56(50-24-14-13-15-25-50)31-17-16-26-52-37-38-53(58(52)51-28-20-29-51)36-35-49-34-33-48(49)27-19-23-46-21-18-22-46/h13-15,24-25,40-41,43-49,51-53,55-56,58H,9-12,16-23,26-39H2,1-8H3. The topological polar surface area (TPSA) is 0 Å². The van der Waals surface area contributed by atoms with Gasteiger partial charge < -0.3 is 0 Å². The van der Waals surface area contributed by atoms with E-state index in [1.165, 1.54) is 89.9 Å². The van der Waals surface area contributed by atoms with Gasteiger partial charge in [0.1, 0.15) is 0 Å². The first-order valence-electron chi connectivity index (χ1n) is 26.7. The van der Waals surface area contributed by atoms with Crippen LogP contribution in [0.1, 0.15) is 234 Å². The number of rotatable bonds is 22. The van der Waals surface area contributed by atoms with Crippen LogP contribution in [-0.2, 0) is 0 Å². The van der Waals surface area contributed by atoms with E-state index in [0.717, 1.165) is 47.3 Å². The molecule has 0 spiro atoms. The summed E-state index contributed by atoms with van der Waals surface area (Å²) in [5, 5.41) is 0. The van der Waals surface area contributed by atoms with Gasteiger partial charge in [0.2, 0.25) is 0 Å². The molecular formula is C58H96. The molecule has 0 heterocycles. The Morgan fingerprint density at radius 2 is 1.33 bits per heavy atom. The molecule has 0 N–H and O–H groups in total. The second-order valence-electron chi connectivity index (χ2n) is 22.2. The molecule has 5 aliphatic rings. The van der Waals surface area contributed by atoms with Crippen molar-refractivity contribution < 1.29 is 0 Å². The van der Waals surface area contributed by atoms with Crippen molar-refractivity contribution in [1.29, 1.82) is 0 Å². The Labute approximate surface area is 362 Å². The molecule has 0 saturated heterocycles. The first-order chi connectivity index (χ1) is 28.2. The Balaban J connectivity index is 1.09. The third-order valence-corrected chi connectivity index (χ3v) is 19.1. The van der Waals surface area contributed by atoms with E-state index in [4.69, 9.17) is 0 Å². The maximum absolute atomic E-state index is 2.82. The molecule has 0 bridgehead atoms. The molecule has 58 heavy (non-hydrogen) atoms. The van der Waals surface area contributed by atoms with Crippen LogP contribution in [0, 0.1) is 76.9 Å². The van der Waals surface area contributed by atoms with E-state index in [2.05, 4.69) is 91.8 Å². The Bertz CT molecular complexity index is 1370. The lowest BCUT2D eigenvalue weighted by Gasteiger charge is -2.41. The van der Waals surface area contributed by atoms with Crippen LogP contribution in [0.15, 0.2) is 53.1 Å². The van der Waals surface area contributed by atoms with Crippen molar-refractivity contribution >= 4 is 0 Å². The molecule has 0 aliphatic heterocycles. The summed E-state index contributed by atoms with van der Waals surface area (Å²) in [6.07, 6.45) is 40.9. The molecule has 12 unspecified atom stereocenters. The van der Waals surface area contributed by atoms with Gasteiger partial charge in [-0.1, -0.05) is 185 Å². The highest BCUT2D eigenvalue weighted by atomic mass is 14.5. The molecule has 0 heteroatoms. The van der Waals surface area contributed by atoms with Crippen LogP contribution < -0.4 is 0 Å². The Hall–Kier alpha value is -1.30. The summed E-state index contributed by atoms with van der Waals surface area (Å²) >= 11 is 0. The van der Waals surface area contributed by atoms with Gasteiger partial charge in [-0.05, 0) is 179 Å². The summed E-state index contributed by atoms with van der Waals surface area (Å²) in [6, 6.07) is 11.9. The predicted molar refractivity (Wildman–Crippen MR) is 255 cm³/mol. The highest BCUT2D eigenvalue weighted by molar-refractivity contribution is 5.26. The van der Waals surface area contributed by atoms with Crippen LogP contribution >= 0.6 is 0 Å². The molecule has 6 rings (SSSR count). The third kappa shape index (κ3) is 11.8. The van der Waals surface area contributed by atoms with Gasteiger partial charge in [0.05, 0.1) is 0 Å². The zero-order chi connectivity index (χ0) is 41.0. The molecule has 4 fully saturated rings. The van der Waals surface area contributed by atoms with Gasteiger partial charge in [0.15, 0.2) is 0 Å². The molecule has 0 radical (unpaired) electrons. The smallest absolute Gasteiger partial charge is 0.00204 e. The van der Waals surface area contributed by atoms with E-state index in [0.29, 0.717) is 35.5 Å². The highest BCUT2D eigenvalue weighted by Gasteiger charge is 2.43. The lowest BCUT2D eigenvalue weighted by molar-refractivity contribution is 0.0941. The van der Waals surface area contributed by atoms with Gasteiger partial charge in [-0.15, -0.1) is 0 Å². The molecule has 5 aliphatic carbocycles. The van der Waals surface area contributed by atoms with Crippen molar-refractivity contribution in [1.82, 2.24) is 0 Å². The molecule has 4 saturated carbocycles. The van der Waals surface area contributed by atoms with Crippen LogP contribution in [0.3, 0.4) is 0 Å². The molecular weight excluding hydrogens is 697 g/mol. The molecule has 328 valence electrons. The van der Waals surface area contributed by atoms with Gasteiger partial charge in [0, 0.05) is 0 Å². The predicted octanol–water partition coefficient (Wildman–Crippen LogP) is 18.4. The van der Waals surface area contributed by atoms with E-state index in [1.807, 2.05) is 0 Å². The number of hydrogen-bond donors (Lipinski definition) is 0. The van der Waals surface area contributed by atoms with Crippen LogP contribution in [0.4, 0.5) is 0 Å². The summed E-state index contributed by atoms with van der Waals surface area (Å²) in [5.74, 6) is 12.2. The Morgan fingerprint density at radius 1 is 0.672 bits per heavy atom. The quantitative estimate of drug-likeness (QED) is 0.0810. The fourth-order valence-corrected chi connectivity index (χ4v) is 14.2. The lowest BCUT2D eigenvalue weighted by Crippen LogP contribution is -2.32. The summed E-state index contributed by atoms with van der Waals surface area (Å²) < 4.78 is 0. The van der Waals surface area contributed by atoms with Crippen molar-refractivity contribution in [2.45, 2.75) is 228 Å². The fourth-order valence-electron chi connectivity index (χ4n) is 14.2. The average molecular weight is 793 g/mol. The van der Waals surface area contributed by atoms with Gasteiger partial charge in [0.25, 0.3) is 0 Å². The first kappa shape index (κ1) is 46.2. The highest BCUT2D eigenvalue weighted by Crippen LogP contribution is 2.53. The Morgan fingerprint density at radius 3 is 1.95 bits per heavy atom. The summed E-state index contributed by atoms with van der Waals surface area (Å²) in [4.78, 5) is 0. The van der Waals surface area contributed by atoms with Gasteiger partial charge in [-0.25, -0.2) is 0 Å². The van der Waals surface area contributed by atoms with Crippen molar-refractivity contribution in [2.24, 2.45) is 76.9 Å². The second kappa shape index (κ2) is 23.2. The van der Waals surface area contributed by atoms with Gasteiger partial charge >= 0.3 is 0 Å². The molecule has 1 aromatic carbocycles. The molecule has 0 aromatic heterocycles. The van der Waals surface area contributed by atoms with Crippen LogP contribution in [0.5, 0.6) is 0 Å². The van der Waals surface area contributed by atoms with E-state index in [9.17, 15) is 0 Å². The van der Waals surface area contributed by atoms with Crippen LogP contribution in [0.2, 0.25) is 0 Å². The largest absolute Gasteiger partial charge is 0.0776 e. The molecule has 1 aromatic rings. The van der Waals surface area contributed by atoms with Gasteiger partial charge in [-0.2, -0.15) is 0 Å². The minimum atomic E-state index is 0.626. The Kier molecular flexibility index (Phi) is 18.5. The van der Waals surface area contributed by atoms with Crippen molar-refractivity contribution in [3.8, 4) is 0 Å². The monoisotopic (exact) mass is 793 g/mol. The third-order valence-electron chi connectivity index (χ3n) is 19.1. The number of unbranched alkanes of at least 4 members (excludes halogenated alkanes) is 2. The molecule has 0 nitrogen and oxygen atoms in total. The SMILES string of the molecule is CCCCC1=C(C)CCC(C(C)C(CCCCC2CCC(CCC3CCC3CCCC3CCC3)C2C2CCC2)c2ccccc2)C(C)C(C)C(C(C)CC)=CC1CC. The van der Waals surface area contributed by atoms with E-state index in [1.54, 1.807) is 99.3 Å². The van der Waals surface area contributed by atoms with Crippen LogP contribution in [0.25, 0.3) is 0 Å². The zero-order valence-corrected chi connectivity index (χ0v) is 39.9. The summed E-state index contributed by atoms with van der Waals surface area (Å²) in [7, 11) is 0. The van der Waals surface area contributed by atoms with E-state index >= 15 is 0 Å². The first-order valence-corrected chi connectivity index (χ1v) is 26.7. The molecule has 12 atom stereocenters. The maximum atomic E-state index is 2.82. The normalized spacial score (nSPS) is 32.8. The second-order valence-corrected chi connectivity index (χ2v) is 22.2. The lowest BCUT2D eigenvalue weighted by atomic mass is 9.64. The summed E-state index contributed by atoms with van der Waals surface area (Å²) in [6.45, 7) is 20.3. The zero-order valence-electron chi connectivity index (χ0n) is 39.9. The minimum Gasteiger partial charge on any atom is -0.0776 e. The fraction of sp³-hybridized carbons (Fsp3) is 0.828. The summed E-state index contributed by atoms with van der Waals surface area (Å²) in [5.41, 5.74) is 6.94. The number of allylic oxidation sites excluding steroid dienone is 4. The maximum Gasteiger partial charge on any atom is -0.00204 e. The van der Waals surface area contributed by atoms with Crippen LogP contribution in [-0.4, -0.2) is 0 Å². The van der Waals surface area contributed by atoms with Crippen molar-refractivity contribution in [2.75, 3.05) is 0 Å². The minimum absolute atomic E-state index is 0.626. The molecule has 0 amide bonds. The number of hydrogen-bond acceptors (Lipinski definition) is 0. The van der Waals surface area contributed by atoms with Crippen molar-refractivity contribution in [3.63, 3.8) is 0 Å².